The van der Waals surface area contributed by atoms with Crippen LogP contribution in [0.3, 0.4) is 0 Å². The fourth-order valence-electron chi connectivity index (χ4n) is 2.54. The van der Waals surface area contributed by atoms with E-state index in [9.17, 15) is 9.59 Å². The van der Waals surface area contributed by atoms with E-state index in [-0.39, 0.29) is 17.7 Å². The van der Waals surface area contributed by atoms with Gasteiger partial charge in [0.15, 0.2) is 0 Å². The van der Waals surface area contributed by atoms with E-state index in [1.165, 1.54) is 0 Å². The normalized spacial score (nSPS) is 11.6. The van der Waals surface area contributed by atoms with Crippen molar-refractivity contribution in [3.8, 4) is 0 Å². The van der Waals surface area contributed by atoms with Crippen LogP contribution in [-0.4, -0.2) is 18.4 Å². The third-order valence-electron chi connectivity index (χ3n) is 3.88. The molecular formula is C20H24N2O2. The maximum atomic E-state index is 12.1. The Bertz CT molecular complexity index is 683. The second-order valence-electron chi connectivity index (χ2n) is 5.85. The molecule has 0 saturated carbocycles. The van der Waals surface area contributed by atoms with Crippen LogP contribution in [0, 0.1) is 0 Å². The number of hydrogen-bond acceptors (Lipinski definition) is 2. The zero-order chi connectivity index (χ0) is 17.4. The number of nitrogens with one attached hydrogen (secondary N) is 2. The van der Waals surface area contributed by atoms with Crippen LogP contribution >= 0.6 is 0 Å². The van der Waals surface area contributed by atoms with Crippen LogP contribution < -0.4 is 10.6 Å². The molecule has 0 aromatic heterocycles. The topological polar surface area (TPSA) is 58.2 Å². The van der Waals surface area contributed by atoms with Crippen molar-refractivity contribution in [1.82, 2.24) is 10.6 Å². The van der Waals surface area contributed by atoms with E-state index in [1.54, 1.807) is 6.07 Å². The first-order chi connectivity index (χ1) is 11.6. The lowest BCUT2D eigenvalue weighted by atomic mass is 9.97. The van der Waals surface area contributed by atoms with Gasteiger partial charge in [0.1, 0.15) is 0 Å². The first-order valence-electron chi connectivity index (χ1n) is 8.29. The molecule has 0 unspecified atom stereocenters. The molecule has 0 aliphatic heterocycles. The summed E-state index contributed by atoms with van der Waals surface area (Å²) in [6.07, 6.45) is 0.444. The first-order valence-corrected chi connectivity index (χ1v) is 8.29. The van der Waals surface area contributed by atoms with Crippen LogP contribution in [0.1, 0.15) is 47.7 Å². The maximum Gasteiger partial charge on any atom is 0.251 e. The zero-order valence-corrected chi connectivity index (χ0v) is 14.2. The zero-order valence-electron chi connectivity index (χ0n) is 14.2. The van der Waals surface area contributed by atoms with Crippen molar-refractivity contribution < 1.29 is 9.59 Å². The second kappa shape index (κ2) is 8.87. The van der Waals surface area contributed by atoms with Gasteiger partial charge in [-0.2, -0.15) is 0 Å². The van der Waals surface area contributed by atoms with Crippen molar-refractivity contribution >= 4 is 11.8 Å². The molecule has 0 bridgehead atoms. The molecule has 0 spiro atoms. The summed E-state index contributed by atoms with van der Waals surface area (Å²) in [7, 11) is 0. The highest BCUT2D eigenvalue weighted by Crippen LogP contribution is 2.18. The standard InChI is InChI=1S/C20H24N2O2/c1-3-21-20(24)18-11-7-8-16(13-18)14-22-19(23)12-15(2)17-9-5-4-6-10-17/h4-11,13,15H,3,12,14H2,1-2H3,(H,21,24)(H,22,23)/t15-/m1/s1. The van der Waals surface area contributed by atoms with E-state index in [4.69, 9.17) is 0 Å². The molecule has 2 amide bonds. The van der Waals surface area contributed by atoms with Crippen LogP contribution in [0.2, 0.25) is 0 Å². The van der Waals surface area contributed by atoms with Crippen molar-refractivity contribution in [3.63, 3.8) is 0 Å². The fourth-order valence-corrected chi connectivity index (χ4v) is 2.54. The first kappa shape index (κ1) is 17.7. The minimum Gasteiger partial charge on any atom is -0.352 e. The van der Waals surface area contributed by atoms with Gasteiger partial charge in [0, 0.05) is 25.1 Å². The Morgan fingerprint density at radius 2 is 1.75 bits per heavy atom. The maximum absolute atomic E-state index is 12.1. The minimum absolute atomic E-state index is 0.00904. The molecule has 2 N–H and O–H groups in total. The van der Waals surface area contributed by atoms with Crippen molar-refractivity contribution in [2.75, 3.05) is 6.54 Å². The molecule has 24 heavy (non-hydrogen) atoms. The SMILES string of the molecule is CCNC(=O)c1cccc(CNC(=O)C[C@@H](C)c2ccccc2)c1. The molecule has 4 heteroatoms. The van der Waals surface area contributed by atoms with Gasteiger partial charge in [-0.15, -0.1) is 0 Å². The Labute approximate surface area is 143 Å². The smallest absolute Gasteiger partial charge is 0.251 e. The summed E-state index contributed by atoms with van der Waals surface area (Å²) < 4.78 is 0. The van der Waals surface area contributed by atoms with Gasteiger partial charge in [0.2, 0.25) is 5.91 Å². The van der Waals surface area contributed by atoms with Crippen molar-refractivity contribution in [3.05, 3.63) is 71.3 Å². The second-order valence-corrected chi connectivity index (χ2v) is 5.85. The molecule has 2 aromatic carbocycles. The van der Waals surface area contributed by atoms with E-state index in [1.807, 2.05) is 62.4 Å². The quantitative estimate of drug-likeness (QED) is 0.821. The van der Waals surface area contributed by atoms with Gasteiger partial charge >= 0.3 is 0 Å². The summed E-state index contributed by atoms with van der Waals surface area (Å²) in [5, 5.41) is 5.70. The third-order valence-corrected chi connectivity index (χ3v) is 3.88. The molecule has 0 saturated heterocycles. The average molecular weight is 324 g/mol. The Balaban J connectivity index is 1.87. The highest BCUT2D eigenvalue weighted by molar-refractivity contribution is 5.94. The lowest BCUT2D eigenvalue weighted by molar-refractivity contribution is -0.121. The number of hydrogen-bond donors (Lipinski definition) is 2. The highest BCUT2D eigenvalue weighted by atomic mass is 16.2. The van der Waals surface area contributed by atoms with Gasteiger partial charge in [-0.05, 0) is 36.1 Å². The molecule has 4 nitrogen and oxygen atoms in total. The highest BCUT2D eigenvalue weighted by Gasteiger charge is 2.11. The number of amides is 2. The van der Waals surface area contributed by atoms with Crippen molar-refractivity contribution in [2.24, 2.45) is 0 Å². The van der Waals surface area contributed by atoms with E-state index in [0.717, 1.165) is 11.1 Å². The summed E-state index contributed by atoms with van der Waals surface area (Å²) in [6.45, 7) is 4.95. The number of carbonyl (C=O) groups is 2. The molecule has 0 fully saturated rings. The van der Waals surface area contributed by atoms with Gasteiger partial charge in [-0.3, -0.25) is 9.59 Å². The summed E-state index contributed by atoms with van der Waals surface area (Å²) >= 11 is 0. The summed E-state index contributed by atoms with van der Waals surface area (Å²) in [4.78, 5) is 24.0. The Hall–Kier alpha value is -2.62. The minimum atomic E-state index is -0.0941. The molecule has 0 heterocycles. The predicted molar refractivity (Wildman–Crippen MR) is 95.8 cm³/mol. The van der Waals surface area contributed by atoms with Crippen LogP contribution in [0.25, 0.3) is 0 Å². The van der Waals surface area contributed by atoms with Crippen LogP contribution in [0.4, 0.5) is 0 Å². The van der Waals surface area contributed by atoms with Crippen molar-refractivity contribution in [2.45, 2.75) is 32.7 Å². The van der Waals surface area contributed by atoms with E-state index in [2.05, 4.69) is 10.6 Å². The fraction of sp³-hybridized carbons (Fsp3) is 0.300. The summed E-state index contributed by atoms with van der Waals surface area (Å²) in [5.41, 5.74) is 2.69. The molecular weight excluding hydrogens is 300 g/mol. The molecule has 126 valence electrons. The third kappa shape index (κ3) is 5.23. The summed E-state index contributed by atoms with van der Waals surface area (Å²) in [6, 6.07) is 17.3. The molecule has 0 aliphatic rings. The number of carbonyl (C=O) groups excluding carboxylic acids is 2. The van der Waals surface area contributed by atoms with Crippen LogP contribution in [-0.2, 0) is 11.3 Å². The molecule has 0 radical (unpaired) electrons. The monoisotopic (exact) mass is 324 g/mol. The van der Waals surface area contributed by atoms with Gasteiger partial charge in [-0.25, -0.2) is 0 Å². The van der Waals surface area contributed by atoms with Gasteiger partial charge in [-0.1, -0.05) is 49.4 Å². The number of benzene rings is 2. The largest absolute Gasteiger partial charge is 0.352 e. The van der Waals surface area contributed by atoms with E-state index in [0.29, 0.717) is 25.1 Å². The average Bonchev–Trinajstić information content (AvgIpc) is 2.61. The van der Waals surface area contributed by atoms with E-state index < -0.39 is 0 Å². The number of rotatable bonds is 7. The van der Waals surface area contributed by atoms with Gasteiger partial charge in [0.25, 0.3) is 5.91 Å². The molecule has 0 aliphatic carbocycles. The van der Waals surface area contributed by atoms with Gasteiger partial charge in [0.05, 0.1) is 0 Å². The van der Waals surface area contributed by atoms with Crippen LogP contribution in [0.15, 0.2) is 54.6 Å². The molecule has 1 atom stereocenters. The lowest BCUT2D eigenvalue weighted by Gasteiger charge is -2.12. The molecule has 2 rings (SSSR count). The predicted octanol–water partition coefficient (Wildman–Crippen LogP) is 3.25. The van der Waals surface area contributed by atoms with Crippen molar-refractivity contribution in [1.29, 1.82) is 0 Å². The summed E-state index contributed by atoms with van der Waals surface area (Å²) in [5.74, 6) is 0.0889. The molecule has 2 aromatic rings. The van der Waals surface area contributed by atoms with Gasteiger partial charge < -0.3 is 10.6 Å². The Morgan fingerprint density at radius 3 is 2.46 bits per heavy atom. The Kier molecular flexibility index (Phi) is 6.55. The Morgan fingerprint density at radius 1 is 1.00 bits per heavy atom. The van der Waals surface area contributed by atoms with Crippen LogP contribution in [0.5, 0.6) is 0 Å². The lowest BCUT2D eigenvalue weighted by Crippen LogP contribution is -2.25. The van der Waals surface area contributed by atoms with E-state index >= 15 is 0 Å².